The van der Waals surface area contributed by atoms with Crippen LogP contribution in [0.2, 0.25) is 5.02 Å². The lowest BCUT2D eigenvalue weighted by atomic mass is 10.2. The number of nitrogens with zero attached hydrogens (tertiary/aromatic N) is 3. The number of hydrazone groups is 1. The quantitative estimate of drug-likeness (QED) is 0.490. The third-order valence-corrected chi connectivity index (χ3v) is 3.43. The van der Waals surface area contributed by atoms with Crippen molar-refractivity contribution in [2.24, 2.45) is 5.10 Å². The summed E-state index contributed by atoms with van der Waals surface area (Å²) < 4.78 is 0. The van der Waals surface area contributed by atoms with Crippen molar-refractivity contribution < 1.29 is 4.92 Å². The summed E-state index contributed by atoms with van der Waals surface area (Å²) >= 11 is 7.31. The van der Waals surface area contributed by atoms with Crippen molar-refractivity contribution in [1.29, 1.82) is 0 Å². The molecule has 7 heteroatoms. The Bertz CT molecular complexity index is 613. The highest BCUT2D eigenvalue weighted by Gasteiger charge is 2.17. The number of anilines is 1. The summed E-state index contributed by atoms with van der Waals surface area (Å²) in [5, 5.41) is 18.9. The van der Waals surface area contributed by atoms with E-state index < -0.39 is 4.92 Å². The van der Waals surface area contributed by atoms with Crippen LogP contribution in [0.3, 0.4) is 0 Å². The standard InChI is InChI=1S/C12H10ClN3O2S/c1-15(14-8-10-3-2-6-19-10)11-5-4-9(13)7-12(11)16(17)18/h2-8H,1H3. The maximum atomic E-state index is 11.0. The fraction of sp³-hybridized carbons (Fsp3) is 0.0833. The molecule has 0 spiro atoms. The van der Waals surface area contributed by atoms with E-state index in [2.05, 4.69) is 5.10 Å². The van der Waals surface area contributed by atoms with Gasteiger partial charge in [-0.25, -0.2) is 0 Å². The van der Waals surface area contributed by atoms with Crippen molar-refractivity contribution in [3.05, 3.63) is 55.7 Å². The first kappa shape index (κ1) is 13.5. The lowest BCUT2D eigenvalue weighted by Gasteiger charge is -2.12. The van der Waals surface area contributed by atoms with Gasteiger partial charge in [0.1, 0.15) is 5.69 Å². The highest BCUT2D eigenvalue weighted by Crippen LogP contribution is 2.30. The Morgan fingerprint density at radius 2 is 2.26 bits per heavy atom. The molecule has 0 N–H and O–H groups in total. The fourth-order valence-corrected chi connectivity index (χ4v) is 2.23. The minimum atomic E-state index is -0.474. The molecule has 0 aliphatic carbocycles. The second-order valence-corrected chi connectivity index (χ2v) is 5.09. The summed E-state index contributed by atoms with van der Waals surface area (Å²) in [6.07, 6.45) is 1.66. The Labute approximate surface area is 118 Å². The summed E-state index contributed by atoms with van der Waals surface area (Å²) in [4.78, 5) is 11.5. The molecular weight excluding hydrogens is 286 g/mol. The molecule has 0 saturated carbocycles. The molecule has 0 unspecified atom stereocenters. The van der Waals surface area contributed by atoms with E-state index in [-0.39, 0.29) is 5.69 Å². The predicted molar refractivity (Wildman–Crippen MR) is 78.4 cm³/mol. The molecule has 98 valence electrons. The Morgan fingerprint density at radius 3 is 2.89 bits per heavy atom. The predicted octanol–water partition coefficient (Wildman–Crippen LogP) is 3.78. The number of nitro benzene ring substituents is 1. The van der Waals surface area contributed by atoms with Gasteiger partial charge in [-0.3, -0.25) is 15.1 Å². The number of rotatable bonds is 4. The highest BCUT2D eigenvalue weighted by atomic mass is 35.5. The van der Waals surface area contributed by atoms with Crippen molar-refractivity contribution in [3.63, 3.8) is 0 Å². The van der Waals surface area contributed by atoms with Gasteiger partial charge in [0.25, 0.3) is 5.69 Å². The van der Waals surface area contributed by atoms with Gasteiger partial charge in [0.2, 0.25) is 0 Å². The zero-order chi connectivity index (χ0) is 13.8. The smallest absolute Gasteiger partial charge is 0.262 e. The zero-order valence-electron chi connectivity index (χ0n) is 9.99. The Kier molecular flexibility index (Phi) is 4.13. The van der Waals surface area contributed by atoms with E-state index in [4.69, 9.17) is 11.6 Å². The summed E-state index contributed by atoms with van der Waals surface area (Å²) in [5.41, 5.74) is 0.320. The van der Waals surface area contributed by atoms with Crippen LogP contribution in [0.25, 0.3) is 0 Å². The molecule has 19 heavy (non-hydrogen) atoms. The van der Waals surface area contributed by atoms with E-state index in [0.29, 0.717) is 10.7 Å². The molecule has 0 atom stereocenters. The van der Waals surface area contributed by atoms with Gasteiger partial charge in [-0.05, 0) is 23.6 Å². The molecule has 0 aliphatic heterocycles. The molecule has 1 aromatic heterocycles. The number of halogens is 1. The van der Waals surface area contributed by atoms with Crippen LogP contribution < -0.4 is 5.01 Å². The maximum Gasteiger partial charge on any atom is 0.295 e. The van der Waals surface area contributed by atoms with E-state index in [9.17, 15) is 10.1 Å². The molecule has 1 aromatic carbocycles. The van der Waals surface area contributed by atoms with Crippen LogP contribution in [0.1, 0.15) is 4.88 Å². The van der Waals surface area contributed by atoms with Crippen LogP contribution in [-0.4, -0.2) is 18.2 Å². The number of thiophene rings is 1. The first-order valence-electron chi connectivity index (χ1n) is 5.33. The van der Waals surface area contributed by atoms with E-state index in [1.54, 1.807) is 36.7 Å². The minimum absolute atomic E-state index is 0.0710. The highest BCUT2D eigenvalue weighted by molar-refractivity contribution is 7.11. The second-order valence-electron chi connectivity index (χ2n) is 3.67. The minimum Gasteiger partial charge on any atom is -0.262 e. The van der Waals surface area contributed by atoms with Gasteiger partial charge in [0.05, 0.1) is 11.1 Å². The van der Waals surface area contributed by atoms with Crippen LogP contribution in [0, 0.1) is 10.1 Å². The van der Waals surface area contributed by atoms with Crippen molar-refractivity contribution >= 4 is 40.5 Å². The molecule has 0 saturated heterocycles. The van der Waals surface area contributed by atoms with Crippen molar-refractivity contribution in [3.8, 4) is 0 Å². The largest absolute Gasteiger partial charge is 0.295 e. The summed E-state index contributed by atoms with van der Waals surface area (Å²) in [6.45, 7) is 0. The Balaban J connectivity index is 2.28. The topological polar surface area (TPSA) is 58.7 Å². The third-order valence-electron chi connectivity index (χ3n) is 2.38. The SMILES string of the molecule is CN(N=Cc1cccs1)c1ccc(Cl)cc1[N+](=O)[O-]. The molecule has 5 nitrogen and oxygen atoms in total. The van der Waals surface area contributed by atoms with Gasteiger partial charge in [0, 0.05) is 23.0 Å². The summed E-state index contributed by atoms with van der Waals surface area (Å²) in [7, 11) is 1.65. The van der Waals surface area contributed by atoms with E-state index in [1.807, 2.05) is 17.5 Å². The van der Waals surface area contributed by atoms with Crippen LogP contribution in [0.15, 0.2) is 40.8 Å². The number of hydrogen-bond acceptors (Lipinski definition) is 5. The van der Waals surface area contributed by atoms with Gasteiger partial charge in [0.15, 0.2) is 0 Å². The molecular formula is C12H10ClN3O2S. The first-order chi connectivity index (χ1) is 9.08. The first-order valence-corrected chi connectivity index (χ1v) is 6.59. The van der Waals surface area contributed by atoms with E-state index in [0.717, 1.165) is 4.88 Å². The van der Waals surface area contributed by atoms with Gasteiger partial charge < -0.3 is 0 Å². The molecule has 2 aromatic rings. The number of hydrogen-bond donors (Lipinski definition) is 0. The van der Waals surface area contributed by atoms with Crippen molar-refractivity contribution in [1.82, 2.24) is 0 Å². The Morgan fingerprint density at radius 1 is 1.47 bits per heavy atom. The monoisotopic (exact) mass is 295 g/mol. The summed E-state index contributed by atoms with van der Waals surface area (Å²) in [5.74, 6) is 0. The maximum absolute atomic E-state index is 11.0. The lowest BCUT2D eigenvalue weighted by molar-refractivity contribution is -0.384. The third kappa shape index (κ3) is 3.30. The van der Waals surface area contributed by atoms with Crippen molar-refractivity contribution in [2.75, 3.05) is 12.1 Å². The molecule has 0 radical (unpaired) electrons. The van der Waals surface area contributed by atoms with Gasteiger partial charge in [-0.1, -0.05) is 17.7 Å². The fourth-order valence-electron chi connectivity index (χ4n) is 1.49. The van der Waals surface area contributed by atoms with Crippen LogP contribution in [0.5, 0.6) is 0 Å². The molecule has 0 fully saturated rings. The van der Waals surface area contributed by atoms with Gasteiger partial charge >= 0.3 is 0 Å². The molecule has 1 heterocycles. The average Bonchev–Trinajstić information content (AvgIpc) is 2.88. The average molecular weight is 296 g/mol. The second kappa shape index (κ2) is 5.81. The molecule has 0 aliphatic rings. The number of nitro groups is 1. The van der Waals surface area contributed by atoms with E-state index in [1.165, 1.54) is 11.1 Å². The normalized spacial score (nSPS) is 10.8. The zero-order valence-corrected chi connectivity index (χ0v) is 11.6. The van der Waals surface area contributed by atoms with Gasteiger partial charge in [-0.15, -0.1) is 11.3 Å². The van der Waals surface area contributed by atoms with Crippen LogP contribution in [-0.2, 0) is 0 Å². The van der Waals surface area contributed by atoms with Crippen LogP contribution >= 0.6 is 22.9 Å². The molecule has 0 amide bonds. The van der Waals surface area contributed by atoms with Gasteiger partial charge in [-0.2, -0.15) is 5.10 Å². The summed E-state index contributed by atoms with van der Waals surface area (Å²) in [6, 6.07) is 8.32. The van der Waals surface area contributed by atoms with E-state index >= 15 is 0 Å². The lowest BCUT2D eigenvalue weighted by Crippen LogP contribution is -2.10. The Hall–Kier alpha value is -1.92. The number of benzene rings is 1. The van der Waals surface area contributed by atoms with Crippen LogP contribution in [0.4, 0.5) is 11.4 Å². The molecule has 2 rings (SSSR count). The van der Waals surface area contributed by atoms with Crippen molar-refractivity contribution in [2.45, 2.75) is 0 Å². The molecule has 0 bridgehead atoms.